The SMILES string of the molecule is CCN1CCN(CC(C)(C)CNC(C)(C)C)CC1. The molecule has 0 saturated carbocycles. The fourth-order valence-corrected chi connectivity index (χ4v) is 2.43. The lowest BCUT2D eigenvalue weighted by Crippen LogP contribution is -2.51. The largest absolute Gasteiger partial charge is 0.311 e. The Balaban J connectivity index is 2.32. The molecule has 0 aliphatic carbocycles. The van der Waals surface area contributed by atoms with Crippen molar-refractivity contribution < 1.29 is 0 Å². The third-order valence-corrected chi connectivity index (χ3v) is 3.66. The van der Waals surface area contributed by atoms with Gasteiger partial charge in [-0.25, -0.2) is 0 Å². The van der Waals surface area contributed by atoms with E-state index in [9.17, 15) is 0 Å². The Kier molecular flexibility index (Phi) is 5.63. The molecule has 3 heteroatoms. The van der Waals surface area contributed by atoms with E-state index >= 15 is 0 Å². The maximum atomic E-state index is 3.63. The first kappa shape index (κ1) is 15.9. The third kappa shape index (κ3) is 6.17. The van der Waals surface area contributed by atoms with Gasteiger partial charge in [0, 0.05) is 44.8 Å². The number of piperazine rings is 1. The van der Waals surface area contributed by atoms with Gasteiger partial charge < -0.3 is 15.1 Å². The van der Waals surface area contributed by atoms with E-state index in [1.165, 1.54) is 39.3 Å². The first-order valence-electron chi connectivity index (χ1n) is 7.42. The van der Waals surface area contributed by atoms with E-state index in [-0.39, 0.29) is 5.54 Å². The van der Waals surface area contributed by atoms with Crippen LogP contribution in [0.1, 0.15) is 41.5 Å². The Morgan fingerprint density at radius 3 is 1.83 bits per heavy atom. The molecule has 0 amide bonds. The predicted molar refractivity (Wildman–Crippen MR) is 80.1 cm³/mol. The highest BCUT2D eigenvalue weighted by atomic mass is 15.3. The maximum absolute atomic E-state index is 3.63. The summed E-state index contributed by atoms with van der Waals surface area (Å²) >= 11 is 0. The van der Waals surface area contributed by atoms with Crippen molar-refractivity contribution in [3.8, 4) is 0 Å². The van der Waals surface area contributed by atoms with Crippen molar-refractivity contribution >= 4 is 0 Å². The van der Waals surface area contributed by atoms with Gasteiger partial charge in [-0.15, -0.1) is 0 Å². The smallest absolute Gasteiger partial charge is 0.0110 e. The highest BCUT2D eigenvalue weighted by molar-refractivity contribution is 4.82. The topological polar surface area (TPSA) is 18.5 Å². The summed E-state index contributed by atoms with van der Waals surface area (Å²) in [6, 6.07) is 0. The average molecular weight is 255 g/mol. The van der Waals surface area contributed by atoms with Gasteiger partial charge in [0.2, 0.25) is 0 Å². The molecule has 1 aliphatic heterocycles. The lowest BCUT2D eigenvalue weighted by atomic mass is 9.91. The molecule has 1 aliphatic rings. The zero-order valence-corrected chi connectivity index (χ0v) is 13.3. The fourth-order valence-electron chi connectivity index (χ4n) is 2.43. The van der Waals surface area contributed by atoms with Crippen molar-refractivity contribution in [2.24, 2.45) is 5.41 Å². The molecule has 1 rings (SSSR count). The lowest BCUT2D eigenvalue weighted by molar-refractivity contribution is 0.0967. The molecule has 0 spiro atoms. The van der Waals surface area contributed by atoms with E-state index < -0.39 is 0 Å². The molecule has 0 radical (unpaired) electrons. The Hall–Kier alpha value is -0.120. The molecule has 0 aromatic carbocycles. The van der Waals surface area contributed by atoms with Crippen LogP contribution in [0.2, 0.25) is 0 Å². The van der Waals surface area contributed by atoms with Crippen molar-refractivity contribution in [1.29, 1.82) is 0 Å². The minimum atomic E-state index is 0.220. The van der Waals surface area contributed by atoms with Crippen LogP contribution in [0.5, 0.6) is 0 Å². The Morgan fingerprint density at radius 2 is 1.39 bits per heavy atom. The van der Waals surface area contributed by atoms with Crippen LogP contribution in [0, 0.1) is 5.41 Å². The van der Waals surface area contributed by atoms with Gasteiger partial charge in [0.15, 0.2) is 0 Å². The number of nitrogens with one attached hydrogen (secondary N) is 1. The maximum Gasteiger partial charge on any atom is 0.0110 e. The summed E-state index contributed by atoms with van der Waals surface area (Å²) in [6.45, 7) is 22.1. The van der Waals surface area contributed by atoms with Crippen LogP contribution < -0.4 is 5.32 Å². The average Bonchev–Trinajstić information content (AvgIpc) is 2.26. The van der Waals surface area contributed by atoms with Crippen molar-refractivity contribution in [3.05, 3.63) is 0 Å². The zero-order chi connectivity index (χ0) is 13.8. The molecule has 1 heterocycles. The number of hydrogen-bond acceptors (Lipinski definition) is 3. The summed E-state index contributed by atoms with van der Waals surface area (Å²) in [6.07, 6.45) is 0. The molecule has 1 saturated heterocycles. The van der Waals surface area contributed by atoms with Crippen LogP contribution in [0.4, 0.5) is 0 Å². The molecule has 0 bridgehead atoms. The summed E-state index contributed by atoms with van der Waals surface area (Å²) in [5.41, 5.74) is 0.569. The van der Waals surface area contributed by atoms with E-state index in [0.717, 1.165) is 6.54 Å². The summed E-state index contributed by atoms with van der Waals surface area (Å²) in [5, 5.41) is 3.63. The van der Waals surface area contributed by atoms with Crippen molar-refractivity contribution in [3.63, 3.8) is 0 Å². The molecular weight excluding hydrogens is 222 g/mol. The van der Waals surface area contributed by atoms with Gasteiger partial charge in [0.05, 0.1) is 0 Å². The van der Waals surface area contributed by atoms with Crippen LogP contribution in [-0.2, 0) is 0 Å². The summed E-state index contributed by atoms with van der Waals surface area (Å²) in [5.74, 6) is 0. The molecule has 0 atom stereocenters. The highest BCUT2D eigenvalue weighted by Crippen LogP contribution is 2.18. The van der Waals surface area contributed by atoms with Crippen molar-refractivity contribution in [2.45, 2.75) is 47.1 Å². The molecule has 0 aromatic rings. The van der Waals surface area contributed by atoms with Crippen LogP contribution in [0.15, 0.2) is 0 Å². The minimum absolute atomic E-state index is 0.220. The summed E-state index contributed by atoms with van der Waals surface area (Å²) in [4.78, 5) is 5.16. The van der Waals surface area contributed by atoms with Crippen molar-refractivity contribution in [2.75, 3.05) is 45.8 Å². The van der Waals surface area contributed by atoms with E-state index in [0.29, 0.717) is 5.41 Å². The lowest BCUT2D eigenvalue weighted by Gasteiger charge is -2.39. The molecule has 18 heavy (non-hydrogen) atoms. The molecule has 1 N–H and O–H groups in total. The molecule has 0 unspecified atom stereocenters. The Bertz CT molecular complexity index is 235. The van der Waals surface area contributed by atoms with Crippen molar-refractivity contribution in [1.82, 2.24) is 15.1 Å². The van der Waals surface area contributed by atoms with E-state index in [4.69, 9.17) is 0 Å². The highest BCUT2D eigenvalue weighted by Gasteiger charge is 2.25. The van der Waals surface area contributed by atoms with Crippen LogP contribution >= 0.6 is 0 Å². The van der Waals surface area contributed by atoms with E-state index in [1.54, 1.807) is 0 Å². The molecule has 3 nitrogen and oxygen atoms in total. The van der Waals surface area contributed by atoms with Gasteiger partial charge in [0.1, 0.15) is 0 Å². The molecule has 1 fully saturated rings. The quantitative estimate of drug-likeness (QED) is 0.811. The molecule has 108 valence electrons. The number of hydrogen-bond donors (Lipinski definition) is 1. The van der Waals surface area contributed by atoms with Gasteiger partial charge in [0.25, 0.3) is 0 Å². The first-order chi connectivity index (χ1) is 8.22. The van der Waals surface area contributed by atoms with E-state index in [2.05, 4.69) is 56.7 Å². The minimum Gasteiger partial charge on any atom is -0.311 e. The first-order valence-corrected chi connectivity index (χ1v) is 7.42. The van der Waals surface area contributed by atoms with Crippen LogP contribution in [0.3, 0.4) is 0 Å². The normalized spacial score (nSPS) is 20.3. The van der Waals surface area contributed by atoms with Crippen LogP contribution in [0.25, 0.3) is 0 Å². The number of rotatable bonds is 5. The number of nitrogens with zero attached hydrogens (tertiary/aromatic N) is 2. The molecule has 0 aromatic heterocycles. The van der Waals surface area contributed by atoms with Crippen LogP contribution in [-0.4, -0.2) is 61.2 Å². The second kappa shape index (κ2) is 6.36. The van der Waals surface area contributed by atoms with Gasteiger partial charge in [-0.2, -0.15) is 0 Å². The molecular formula is C15H33N3. The van der Waals surface area contributed by atoms with Gasteiger partial charge in [-0.3, -0.25) is 0 Å². The number of likely N-dealkylation sites (N-methyl/N-ethyl adjacent to an activating group) is 1. The standard InChI is InChI=1S/C15H33N3/c1-7-17-8-10-18(11-9-17)13-15(5,6)12-16-14(2,3)4/h16H,7-13H2,1-6H3. The Morgan fingerprint density at radius 1 is 0.889 bits per heavy atom. The second-order valence-electron chi connectivity index (χ2n) is 7.48. The van der Waals surface area contributed by atoms with Gasteiger partial charge in [-0.05, 0) is 32.7 Å². The third-order valence-electron chi connectivity index (χ3n) is 3.66. The zero-order valence-electron chi connectivity index (χ0n) is 13.3. The van der Waals surface area contributed by atoms with Gasteiger partial charge >= 0.3 is 0 Å². The van der Waals surface area contributed by atoms with Gasteiger partial charge in [-0.1, -0.05) is 20.8 Å². The van der Waals surface area contributed by atoms with E-state index in [1.807, 2.05) is 0 Å². The fraction of sp³-hybridized carbons (Fsp3) is 1.00. The predicted octanol–water partition coefficient (Wildman–Crippen LogP) is 2.04. The Labute approximate surface area is 114 Å². The monoisotopic (exact) mass is 255 g/mol. The summed E-state index contributed by atoms with van der Waals surface area (Å²) < 4.78 is 0. The second-order valence-corrected chi connectivity index (χ2v) is 7.48. The summed E-state index contributed by atoms with van der Waals surface area (Å²) in [7, 11) is 0.